The smallest absolute Gasteiger partial charge is 0.222 e. The maximum atomic E-state index is 12.4. The largest absolute Gasteiger partial charge is 0.343 e. The molecule has 4 heteroatoms. The fraction of sp³-hybridized carbons (Fsp3) is 0.941. The highest BCUT2D eigenvalue weighted by Crippen LogP contribution is 2.22. The van der Waals surface area contributed by atoms with Crippen molar-refractivity contribution in [3.8, 4) is 0 Å². The minimum Gasteiger partial charge on any atom is -0.343 e. The van der Waals surface area contributed by atoms with Crippen LogP contribution in [-0.4, -0.2) is 61.5 Å². The number of carbonyl (C=O) groups is 1. The van der Waals surface area contributed by atoms with Gasteiger partial charge in [-0.1, -0.05) is 0 Å². The van der Waals surface area contributed by atoms with Crippen LogP contribution in [0.25, 0.3) is 0 Å². The van der Waals surface area contributed by atoms with Crippen molar-refractivity contribution in [2.45, 2.75) is 52.0 Å². The van der Waals surface area contributed by atoms with E-state index in [0.717, 1.165) is 38.5 Å². The Hall–Kier alpha value is -0.610. The lowest BCUT2D eigenvalue weighted by Crippen LogP contribution is -2.43. The summed E-state index contributed by atoms with van der Waals surface area (Å²) in [6.07, 6.45) is 5.46. The average molecular weight is 295 g/mol. The second kappa shape index (κ2) is 8.14. The number of likely N-dealkylation sites (tertiary alicyclic amines) is 1. The molecule has 0 aromatic heterocycles. The zero-order valence-electron chi connectivity index (χ0n) is 14.1. The highest BCUT2D eigenvalue weighted by molar-refractivity contribution is 5.76. The van der Waals surface area contributed by atoms with E-state index in [0.29, 0.717) is 17.9 Å². The molecule has 0 aromatic rings. The molecule has 21 heavy (non-hydrogen) atoms. The highest BCUT2D eigenvalue weighted by Gasteiger charge is 2.26. The maximum Gasteiger partial charge on any atom is 0.222 e. The van der Waals surface area contributed by atoms with E-state index in [1.165, 1.54) is 32.2 Å². The number of hydrogen-bond acceptors (Lipinski definition) is 3. The predicted octanol–water partition coefficient (Wildman–Crippen LogP) is 1.95. The van der Waals surface area contributed by atoms with E-state index >= 15 is 0 Å². The summed E-state index contributed by atoms with van der Waals surface area (Å²) in [5, 5.41) is 3.37. The minimum absolute atomic E-state index is 0.401. The average Bonchev–Trinajstić information content (AvgIpc) is 2.48. The van der Waals surface area contributed by atoms with Crippen LogP contribution in [0.15, 0.2) is 0 Å². The monoisotopic (exact) mass is 295 g/mol. The van der Waals surface area contributed by atoms with Gasteiger partial charge in [-0.2, -0.15) is 0 Å². The normalized spacial score (nSPS) is 22.2. The second-order valence-corrected chi connectivity index (χ2v) is 7.25. The Morgan fingerprint density at radius 1 is 1.14 bits per heavy atom. The fourth-order valence-electron chi connectivity index (χ4n) is 3.44. The first kappa shape index (κ1) is 16.8. The molecule has 0 saturated carbocycles. The molecule has 1 amide bonds. The van der Waals surface area contributed by atoms with E-state index in [1.54, 1.807) is 0 Å². The third kappa shape index (κ3) is 5.26. The molecule has 2 heterocycles. The van der Waals surface area contributed by atoms with Crippen molar-refractivity contribution in [3.05, 3.63) is 0 Å². The Balaban J connectivity index is 1.69. The SMILES string of the molecule is CC(C)N(C)CC1CCN(C(=O)CC2CCNCC2)CC1. The number of hydrogen-bond donors (Lipinski definition) is 1. The number of amides is 1. The molecule has 2 aliphatic heterocycles. The molecule has 0 aromatic carbocycles. The lowest BCUT2D eigenvalue weighted by Gasteiger charge is -2.35. The van der Waals surface area contributed by atoms with Crippen molar-refractivity contribution in [3.63, 3.8) is 0 Å². The zero-order valence-corrected chi connectivity index (χ0v) is 14.1. The molecule has 2 aliphatic rings. The molecule has 2 rings (SSSR count). The van der Waals surface area contributed by atoms with E-state index in [4.69, 9.17) is 0 Å². The number of rotatable bonds is 5. The van der Waals surface area contributed by atoms with Crippen LogP contribution in [0.1, 0.15) is 46.0 Å². The van der Waals surface area contributed by atoms with Gasteiger partial charge in [0.05, 0.1) is 0 Å². The van der Waals surface area contributed by atoms with Crippen molar-refractivity contribution >= 4 is 5.91 Å². The molecule has 1 N–H and O–H groups in total. The first-order valence-corrected chi connectivity index (χ1v) is 8.75. The lowest BCUT2D eigenvalue weighted by molar-refractivity contribution is -0.133. The number of nitrogens with zero attached hydrogens (tertiary/aromatic N) is 2. The second-order valence-electron chi connectivity index (χ2n) is 7.25. The summed E-state index contributed by atoms with van der Waals surface area (Å²) in [5.41, 5.74) is 0. The molecule has 122 valence electrons. The van der Waals surface area contributed by atoms with Gasteiger partial charge in [0, 0.05) is 32.1 Å². The van der Waals surface area contributed by atoms with Crippen LogP contribution in [0.5, 0.6) is 0 Å². The summed E-state index contributed by atoms with van der Waals surface area (Å²) in [7, 11) is 2.21. The lowest BCUT2D eigenvalue weighted by atomic mass is 9.92. The summed E-state index contributed by atoms with van der Waals surface area (Å²) >= 11 is 0. The third-order valence-electron chi connectivity index (χ3n) is 5.32. The van der Waals surface area contributed by atoms with Gasteiger partial charge in [-0.05, 0) is 71.5 Å². The van der Waals surface area contributed by atoms with E-state index in [-0.39, 0.29) is 0 Å². The van der Waals surface area contributed by atoms with Gasteiger partial charge < -0.3 is 15.1 Å². The molecule has 0 bridgehead atoms. The topological polar surface area (TPSA) is 35.6 Å². The summed E-state index contributed by atoms with van der Waals surface area (Å²) in [5.74, 6) is 1.78. The quantitative estimate of drug-likeness (QED) is 0.842. The molecule has 0 atom stereocenters. The molecule has 4 nitrogen and oxygen atoms in total. The fourth-order valence-corrected chi connectivity index (χ4v) is 3.44. The van der Waals surface area contributed by atoms with Crippen molar-refractivity contribution in [1.82, 2.24) is 15.1 Å². The van der Waals surface area contributed by atoms with Crippen molar-refractivity contribution in [2.24, 2.45) is 11.8 Å². The van der Waals surface area contributed by atoms with Crippen LogP contribution in [-0.2, 0) is 4.79 Å². The van der Waals surface area contributed by atoms with E-state index in [2.05, 4.69) is 36.0 Å². The van der Waals surface area contributed by atoms with Crippen LogP contribution >= 0.6 is 0 Å². The maximum absolute atomic E-state index is 12.4. The van der Waals surface area contributed by atoms with E-state index < -0.39 is 0 Å². The summed E-state index contributed by atoms with van der Waals surface area (Å²) in [4.78, 5) is 16.9. The first-order valence-electron chi connectivity index (χ1n) is 8.75. The summed E-state index contributed by atoms with van der Waals surface area (Å²) in [6.45, 7) is 9.79. The Morgan fingerprint density at radius 3 is 2.33 bits per heavy atom. The molecule has 2 saturated heterocycles. The first-order chi connectivity index (χ1) is 10.1. The number of carbonyl (C=O) groups excluding carboxylic acids is 1. The standard InChI is InChI=1S/C17H33N3O/c1-14(2)19(3)13-16-6-10-20(11-7-16)17(21)12-15-4-8-18-9-5-15/h14-16,18H,4-13H2,1-3H3. The van der Waals surface area contributed by atoms with Gasteiger partial charge in [-0.25, -0.2) is 0 Å². The van der Waals surface area contributed by atoms with Gasteiger partial charge in [0.25, 0.3) is 0 Å². The van der Waals surface area contributed by atoms with E-state index in [9.17, 15) is 4.79 Å². The Labute approximate surface area is 130 Å². The zero-order chi connectivity index (χ0) is 15.2. The molecular weight excluding hydrogens is 262 g/mol. The number of piperidine rings is 2. The summed E-state index contributed by atoms with van der Waals surface area (Å²) < 4.78 is 0. The molecular formula is C17H33N3O. The van der Waals surface area contributed by atoms with Gasteiger partial charge in [-0.15, -0.1) is 0 Å². The molecule has 2 fully saturated rings. The third-order valence-corrected chi connectivity index (χ3v) is 5.32. The number of nitrogens with one attached hydrogen (secondary N) is 1. The highest BCUT2D eigenvalue weighted by atomic mass is 16.2. The van der Waals surface area contributed by atoms with Gasteiger partial charge in [0.1, 0.15) is 0 Å². The van der Waals surface area contributed by atoms with Crippen LogP contribution in [0.4, 0.5) is 0 Å². The Kier molecular flexibility index (Phi) is 6.49. The van der Waals surface area contributed by atoms with Gasteiger partial charge in [0.2, 0.25) is 5.91 Å². The molecule has 0 unspecified atom stereocenters. The predicted molar refractivity (Wildman–Crippen MR) is 87.3 cm³/mol. The van der Waals surface area contributed by atoms with Crippen LogP contribution in [0.3, 0.4) is 0 Å². The van der Waals surface area contributed by atoms with E-state index in [1.807, 2.05) is 0 Å². The Bertz CT molecular complexity index is 318. The molecule has 0 radical (unpaired) electrons. The summed E-state index contributed by atoms with van der Waals surface area (Å²) in [6, 6.07) is 0.615. The van der Waals surface area contributed by atoms with Gasteiger partial charge in [-0.3, -0.25) is 4.79 Å². The van der Waals surface area contributed by atoms with Crippen molar-refractivity contribution in [2.75, 3.05) is 39.8 Å². The van der Waals surface area contributed by atoms with Crippen LogP contribution in [0, 0.1) is 11.8 Å². The van der Waals surface area contributed by atoms with Gasteiger partial charge >= 0.3 is 0 Å². The van der Waals surface area contributed by atoms with Gasteiger partial charge in [0.15, 0.2) is 0 Å². The minimum atomic E-state index is 0.401. The van der Waals surface area contributed by atoms with Crippen molar-refractivity contribution in [1.29, 1.82) is 0 Å². The van der Waals surface area contributed by atoms with Crippen molar-refractivity contribution < 1.29 is 4.79 Å². The molecule has 0 aliphatic carbocycles. The van der Waals surface area contributed by atoms with Crippen LogP contribution in [0.2, 0.25) is 0 Å². The Morgan fingerprint density at radius 2 is 1.76 bits per heavy atom. The van der Waals surface area contributed by atoms with Crippen LogP contribution < -0.4 is 5.32 Å². The molecule has 0 spiro atoms.